The molecule has 3 aliphatic rings. The minimum Gasteiger partial charge on any atom is -0.400 e. The Morgan fingerprint density at radius 2 is 0.875 bits per heavy atom. The molecule has 1 N–H and O–H groups in total. The van der Waals surface area contributed by atoms with Crippen molar-refractivity contribution in [3.8, 4) is 11.4 Å². The van der Waals surface area contributed by atoms with Gasteiger partial charge in [0.15, 0.2) is 0 Å². The maximum atomic E-state index is 7.00. The highest BCUT2D eigenvalue weighted by Crippen LogP contribution is 2.46. The Labute approximate surface area is 344 Å². The van der Waals surface area contributed by atoms with Gasteiger partial charge >= 0.3 is 0 Å². The molecule has 6 aromatic rings. The number of halogens is 1. The number of aliphatic hydroxyl groups excluding tert-OH is 1. The summed E-state index contributed by atoms with van der Waals surface area (Å²) in [7, 11) is 5.32. The minimum absolute atomic E-state index is 0.904. The Balaban J connectivity index is 0.00000117. The van der Waals surface area contributed by atoms with E-state index in [0.29, 0.717) is 0 Å². The van der Waals surface area contributed by atoms with Crippen LogP contribution in [-0.2, 0) is 0 Å². The first kappa shape index (κ1) is 39.1. The normalized spacial score (nSPS) is 15.9. The summed E-state index contributed by atoms with van der Waals surface area (Å²) >= 11 is 8.31. The summed E-state index contributed by atoms with van der Waals surface area (Å²) in [6.07, 6.45) is 10.6. The average molecular weight is 800 g/mol. The van der Waals surface area contributed by atoms with E-state index in [-0.39, 0.29) is 0 Å². The molecule has 1 saturated heterocycles. The highest BCUT2D eigenvalue weighted by Gasteiger charge is 2.33. The van der Waals surface area contributed by atoms with E-state index in [1.165, 1.54) is 71.7 Å². The second-order valence-electron chi connectivity index (χ2n) is 13.2. The molecule has 0 unspecified atom stereocenters. The van der Waals surface area contributed by atoms with Gasteiger partial charge in [-0.3, -0.25) is 9.80 Å². The Morgan fingerprint density at radius 3 is 1.25 bits per heavy atom. The van der Waals surface area contributed by atoms with Crippen molar-refractivity contribution in [2.75, 3.05) is 73.4 Å². The number of aliphatic hydroxyl groups is 1. The van der Waals surface area contributed by atoms with Crippen LogP contribution in [-0.4, -0.2) is 58.9 Å². The molecule has 3 aliphatic heterocycles. The minimum atomic E-state index is 0.904. The first-order valence-electron chi connectivity index (χ1n) is 18.6. The van der Waals surface area contributed by atoms with Crippen molar-refractivity contribution in [2.45, 2.75) is 9.79 Å². The van der Waals surface area contributed by atoms with Gasteiger partial charge in [-0.15, -0.1) is 11.6 Å². The number of hydrogen-bond donors (Lipinski definition) is 1. The van der Waals surface area contributed by atoms with E-state index in [2.05, 4.69) is 212 Å². The zero-order chi connectivity index (χ0) is 39.0. The Hall–Kier alpha value is -5.19. The predicted octanol–water partition coefficient (Wildman–Crippen LogP) is 9.11. The lowest BCUT2D eigenvalue weighted by Crippen LogP contribution is -2.53. The molecule has 56 heavy (non-hydrogen) atoms. The van der Waals surface area contributed by atoms with Crippen molar-refractivity contribution in [2.24, 2.45) is 0 Å². The number of nitrogens with zero attached hydrogens (tertiary/aromatic N) is 6. The van der Waals surface area contributed by atoms with Gasteiger partial charge in [0, 0.05) is 49.5 Å². The van der Waals surface area contributed by atoms with Crippen LogP contribution in [0.4, 0.5) is 23.0 Å². The van der Waals surface area contributed by atoms with Gasteiger partial charge in [0.1, 0.15) is 37.6 Å². The number of aromatic nitrogens is 2. The molecule has 0 radical (unpaired) electrons. The molecular weight excluding hydrogens is 752 g/mol. The van der Waals surface area contributed by atoms with E-state index in [1.807, 2.05) is 23.5 Å². The van der Waals surface area contributed by atoms with Gasteiger partial charge in [-0.1, -0.05) is 84.2 Å². The summed E-state index contributed by atoms with van der Waals surface area (Å²) in [5, 5.41) is 9.47. The summed E-state index contributed by atoms with van der Waals surface area (Å²) in [4.78, 5) is 12.3. The SMILES string of the molecule is CCl.CN1/C(=C\c2cc[n+](-c3ccccc3)c(N3CCN(c4cc(/C=C5/Sc6ccccc6N5C)cc[n+]4-c4ccccc4)CC3)c2)Sc2ccccc21.CO. The van der Waals surface area contributed by atoms with Crippen molar-refractivity contribution < 1.29 is 14.2 Å². The fraction of sp³-hybridized carbons (Fsp3) is 0.174. The molecule has 5 heterocycles. The number of anilines is 4. The number of piperazine rings is 1. The lowest BCUT2D eigenvalue weighted by atomic mass is 10.2. The van der Waals surface area contributed by atoms with Gasteiger partial charge in [0.2, 0.25) is 0 Å². The van der Waals surface area contributed by atoms with Crippen LogP contribution < -0.4 is 28.7 Å². The van der Waals surface area contributed by atoms with E-state index in [9.17, 15) is 0 Å². The molecule has 0 bridgehead atoms. The van der Waals surface area contributed by atoms with Gasteiger partial charge < -0.3 is 14.9 Å². The Morgan fingerprint density at radius 1 is 0.518 bits per heavy atom. The zero-order valence-corrected chi connectivity index (χ0v) is 34.6. The van der Waals surface area contributed by atoms with E-state index in [1.54, 1.807) is 0 Å². The number of benzene rings is 4. The van der Waals surface area contributed by atoms with Crippen molar-refractivity contribution in [1.82, 2.24) is 0 Å². The van der Waals surface area contributed by atoms with Crippen molar-refractivity contribution >= 4 is 70.3 Å². The van der Waals surface area contributed by atoms with Crippen molar-refractivity contribution in [1.29, 1.82) is 0 Å². The van der Waals surface area contributed by atoms with Crippen LogP contribution in [0.15, 0.2) is 166 Å². The molecule has 0 atom stereocenters. The summed E-state index contributed by atoms with van der Waals surface area (Å²) in [5.41, 5.74) is 7.25. The monoisotopic (exact) mass is 798 g/mol. The third kappa shape index (κ3) is 8.18. The third-order valence-corrected chi connectivity index (χ3v) is 12.4. The highest BCUT2D eigenvalue weighted by molar-refractivity contribution is 8.04. The van der Waals surface area contributed by atoms with Crippen LogP contribution in [0.1, 0.15) is 11.1 Å². The van der Waals surface area contributed by atoms with Gasteiger partial charge in [0.05, 0.1) is 33.8 Å². The quantitative estimate of drug-likeness (QED) is 0.133. The molecule has 1 fully saturated rings. The maximum absolute atomic E-state index is 7.00. The van der Waals surface area contributed by atoms with Crippen molar-refractivity contribution in [3.05, 3.63) is 167 Å². The zero-order valence-electron chi connectivity index (χ0n) is 32.2. The number of hydrogen-bond acceptors (Lipinski definition) is 7. The Bertz CT molecular complexity index is 2170. The van der Waals surface area contributed by atoms with E-state index in [4.69, 9.17) is 5.11 Å². The van der Waals surface area contributed by atoms with Crippen LogP contribution in [0.3, 0.4) is 0 Å². The van der Waals surface area contributed by atoms with Gasteiger partial charge in [-0.2, -0.15) is 0 Å². The van der Waals surface area contributed by atoms with E-state index >= 15 is 0 Å². The van der Waals surface area contributed by atoms with Gasteiger partial charge in [-0.25, -0.2) is 9.13 Å². The van der Waals surface area contributed by atoms with Crippen molar-refractivity contribution in [3.63, 3.8) is 0 Å². The summed E-state index contributed by atoms with van der Waals surface area (Å²) < 4.78 is 4.67. The second kappa shape index (κ2) is 18.2. The molecule has 4 aromatic carbocycles. The number of thioether (sulfide) groups is 2. The maximum Gasteiger partial charge on any atom is 0.282 e. The summed E-state index contributed by atoms with van der Waals surface area (Å²) in [6.45, 7) is 3.61. The molecule has 2 aromatic heterocycles. The lowest BCUT2D eigenvalue weighted by Gasteiger charge is -2.29. The van der Waals surface area contributed by atoms with Gasteiger partial charge in [0.25, 0.3) is 11.6 Å². The van der Waals surface area contributed by atoms with E-state index < -0.39 is 0 Å². The van der Waals surface area contributed by atoms with E-state index in [0.717, 1.165) is 33.3 Å². The molecule has 0 aliphatic carbocycles. The van der Waals surface area contributed by atoms with Crippen LogP contribution in [0, 0.1) is 0 Å². The fourth-order valence-electron chi connectivity index (χ4n) is 7.23. The summed E-state index contributed by atoms with van der Waals surface area (Å²) in [6, 6.07) is 47.9. The van der Waals surface area contributed by atoms with Crippen LogP contribution in [0.25, 0.3) is 23.5 Å². The van der Waals surface area contributed by atoms with Gasteiger partial charge in [-0.05, 0) is 83.9 Å². The lowest BCUT2D eigenvalue weighted by molar-refractivity contribution is -0.583. The predicted molar refractivity (Wildman–Crippen MR) is 238 cm³/mol. The standard InChI is InChI=1S/C44H40N6S2.CH3Cl.CH4O/c1-45-37-17-9-11-19-39(37)51-43(45)31-33-21-23-49(35-13-5-3-6-14-35)41(29-33)47-25-27-48(28-26-47)42-30-34(22-24-50(42)36-15-7-4-8-16-36)32-44-46(2)38-18-10-12-20-40(38)52-44;2*1-2/h3-24,29-32H,25-28H2,1-2H3;1H3;2H,1H3/q+2;;. The summed E-state index contributed by atoms with van der Waals surface area (Å²) in [5.74, 6) is 2.41. The first-order valence-corrected chi connectivity index (χ1v) is 21.0. The molecule has 284 valence electrons. The largest absolute Gasteiger partial charge is 0.400 e. The average Bonchev–Trinajstić information content (AvgIpc) is 3.76. The number of alkyl halides is 1. The molecule has 0 spiro atoms. The molecule has 0 saturated carbocycles. The third-order valence-electron chi connectivity index (χ3n) is 10.0. The van der Waals surface area contributed by atoms with Crippen LogP contribution in [0.2, 0.25) is 0 Å². The smallest absolute Gasteiger partial charge is 0.282 e. The fourth-order valence-corrected chi connectivity index (χ4v) is 9.45. The molecular formula is C46H47ClN6OS2+2. The molecule has 10 heteroatoms. The van der Waals surface area contributed by atoms with Crippen LogP contribution >= 0.6 is 35.1 Å². The number of fused-ring (bicyclic) bond motifs is 2. The molecule has 7 nitrogen and oxygen atoms in total. The number of pyridine rings is 2. The topological polar surface area (TPSA) is 41.0 Å². The highest BCUT2D eigenvalue weighted by atomic mass is 35.5. The number of para-hydroxylation sites is 4. The second-order valence-corrected chi connectivity index (χ2v) is 15.4. The number of rotatable bonds is 6. The molecule has 0 amide bonds. The Kier molecular flexibility index (Phi) is 12.7. The van der Waals surface area contributed by atoms with Crippen LogP contribution in [0.5, 0.6) is 0 Å². The molecule has 9 rings (SSSR count). The first-order chi connectivity index (χ1) is 27.6.